The van der Waals surface area contributed by atoms with Crippen LogP contribution in [-0.4, -0.2) is 14.7 Å². The van der Waals surface area contributed by atoms with Gasteiger partial charge >= 0.3 is 0 Å². The molecule has 0 aromatic rings. The summed E-state index contributed by atoms with van der Waals surface area (Å²) in [5.74, 6) is 5.94. The lowest BCUT2D eigenvalue weighted by molar-refractivity contribution is -0.0411. The molecule has 0 aromatic carbocycles. The van der Waals surface area contributed by atoms with Crippen LogP contribution < -0.4 is 0 Å². The quantitative estimate of drug-likeness (QED) is 0.263. The minimum Gasteiger partial charge on any atom is -0.258 e. The summed E-state index contributed by atoms with van der Waals surface area (Å²) < 4.78 is 15.1. The molecule has 8 unspecified atom stereocenters. The average molecular weight is 643 g/mol. The van der Waals surface area contributed by atoms with Crippen molar-refractivity contribution in [2.24, 2.45) is 69.0 Å². The molecule has 0 N–H and O–H groups in total. The van der Waals surface area contributed by atoms with Gasteiger partial charge in [0.15, 0.2) is 0 Å². The monoisotopic (exact) mass is 642 g/mol. The van der Waals surface area contributed by atoms with Gasteiger partial charge in [0.05, 0.1) is 10.5 Å². The van der Waals surface area contributed by atoms with E-state index in [0.29, 0.717) is 33.5 Å². The molecule has 8 aliphatic rings. The van der Waals surface area contributed by atoms with Crippen LogP contribution in [0.25, 0.3) is 0 Å². The van der Waals surface area contributed by atoms with Crippen molar-refractivity contribution in [3.05, 3.63) is 48.6 Å². The highest BCUT2D eigenvalue weighted by Gasteiger charge is 2.62. The molecule has 46 heavy (non-hydrogen) atoms. The summed E-state index contributed by atoms with van der Waals surface area (Å²) in [5.41, 5.74) is 5.11. The van der Waals surface area contributed by atoms with Crippen LogP contribution in [0.3, 0.4) is 0 Å². The van der Waals surface area contributed by atoms with E-state index in [9.17, 15) is 0 Å². The zero-order valence-corrected chi connectivity index (χ0v) is 30.9. The van der Waals surface area contributed by atoms with Crippen LogP contribution in [0.2, 0.25) is 0 Å². The highest BCUT2D eigenvalue weighted by atomic mass is 32.2. The largest absolute Gasteiger partial charge is 0.258 e. The summed E-state index contributed by atoms with van der Waals surface area (Å²) in [6.07, 6.45) is 34.1. The number of hydrogen-bond acceptors (Lipinski definition) is 1. The Labute approximate surface area is 285 Å². The van der Waals surface area contributed by atoms with E-state index in [2.05, 4.69) is 65.2 Å². The van der Waals surface area contributed by atoms with Gasteiger partial charge in [0.1, 0.15) is 0 Å². The molecule has 8 aliphatic carbocycles. The standard InChI is InChI=1S/C44H66OS/c1-7-39(37-21-19-33-31-17-15-29-13-9-11-25-41(29,3)35(31)23-27-43(33,37)5)46(45)40(8-2)38-22-20-34-32-18-16-30-14-10-12-26-42(30,4)36(32)24-28-44(34,38)6/h7-8,15-16,31-40H,1-2,9-14,17-28H2,3-6H3/t31?,32?,33?,34?,35?,36?,37-,38-,39?,40?,41+,42+,43+,44+,46?/m1/s1. The zero-order chi connectivity index (χ0) is 32.1. The fourth-order valence-electron chi connectivity index (χ4n) is 15.6. The molecule has 0 spiro atoms. The molecule has 254 valence electrons. The van der Waals surface area contributed by atoms with Gasteiger partial charge in [0.25, 0.3) is 0 Å². The van der Waals surface area contributed by atoms with Crippen molar-refractivity contribution in [3.63, 3.8) is 0 Å². The molecule has 6 fully saturated rings. The van der Waals surface area contributed by atoms with Crippen molar-refractivity contribution in [2.75, 3.05) is 0 Å². The first kappa shape index (κ1) is 32.3. The predicted molar refractivity (Wildman–Crippen MR) is 196 cm³/mol. The fourth-order valence-corrected chi connectivity index (χ4v) is 17.9. The van der Waals surface area contributed by atoms with Crippen LogP contribution in [0, 0.1) is 69.0 Å². The van der Waals surface area contributed by atoms with Gasteiger partial charge in [-0.15, -0.1) is 13.2 Å². The predicted octanol–water partition coefficient (Wildman–Crippen LogP) is 11.8. The first-order chi connectivity index (χ1) is 22.1. The Kier molecular flexibility index (Phi) is 8.14. The Bertz CT molecular complexity index is 1220. The smallest absolute Gasteiger partial charge is 0.0564 e. The summed E-state index contributed by atoms with van der Waals surface area (Å²) in [5, 5.41) is 0.185. The van der Waals surface area contributed by atoms with Crippen LogP contribution in [0.4, 0.5) is 0 Å². The number of hydrogen-bond donors (Lipinski definition) is 0. The Morgan fingerprint density at radius 2 is 1.07 bits per heavy atom. The first-order valence-corrected chi connectivity index (χ1v) is 21.4. The Morgan fingerprint density at radius 3 is 1.48 bits per heavy atom. The molecule has 0 bridgehead atoms. The fraction of sp³-hybridized carbons (Fsp3) is 0.818. The van der Waals surface area contributed by atoms with Gasteiger partial charge in [0.2, 0.25) is 0 Å². The third-order valence-electron chi connectivity index (χ3n) is 18.0. The van der Waals surface area contributed by atoms with Gasteiger partial charge in [-0.25, -0.2) is 0 Å². The van der Waals surface area contributed by atoms with E-state index in [1.165, 1.54) is 116 Å². The SMILES string of the molecule is C=CC([C@H]1CCC2C3CC=C4CCCC[C@]4(C)C3CC[C@@]21C)S(=O)C(C=C)[C@H]1CCC2C3CC=C4CCCC[C@]4(C)C3CC[C@@]21C. The van der Waals surface area contributed by atoms with Gasteiger partial charge in [-0.3, -0.25) is 4.21 Å². The third-order valence-corrected chi connectivity index (χ3v) is 20.1. The lowest BCUT2D eigenvalue weighted by Gasteiger charge is -2.58. The third kappa shape index (κ3) is 4.45. The summed E-state index contributed by atoms with van der Waals surface area (Å²) in [7, 11) is -0.967. The molecule has 6 saturated carbocycles. The van der Waals surface area contributed by atoms with Crippen LogP contribution in [0.5, 0.6) is 0 Å². The molecule has 0 aromatic heterocycles. The average Bonchev–Trinajstić information content (AvgIpc) is 3.58. The molecule has 8 rings (SSSR count). The van der Waals surface area contributed by atoms with Gasteiger partial charge < -0.3 is 0 Å². The van der Waals surface area contributed by atoms with E-state index in [0.717, 1.165) is 35.5 Å². The second kappa shape index (κ2) is 11.6. The molecule has 0 radical (unpaired) electrons. The number of fused-ring (bicyclic) bond motifs is 10. The van der Waals surface area contributed by atoms with Crippen molar-refractivity contribution in [1.29, 1.82) is 0 Å². The number of rotatable bonds is 6. The number of allylic oxidation sites excluding steroid dienone is 4. The van der Waals surface area contributed by atoms with Crippen molar-refractivity contribution >= 4 is 10.8 Å². The molecule has 0 heterocycles. The van der Waals surface area contributed by atoms with Crippen molar-refractivity contribution in [2.45, 2.75) is 154 Å². The summed E-state index contributed by atoms with van der Waals surface area (Å²) in [6, 6.07) is 0. The normalized spacial score (nSPS) is 51.4. The molecule has 14 atom stereocenters. The highest BCUT2D eigenvalue weighted by Crippen LogP contribution is 2.69. The maximum Gasteiger partial charge on any atom is 0.0564 e. The topological polar surface area (TPSA) is 17.1 Å². The van der Waals surface area contributed by atoms with E-state index >= 15 is 4.21 Å². The van der Waals surface area contributed by atoms with Gasteiger partial charge in [-0.05, 0) is 172 Å². The molecular formula is C44H66OS. The van der Waals surface area contributed by atoms with E-state index in [-0.39, 0.29) is 10.5 Å². The second-order valence-electron chi connectivity index (χ2n) is 19.1. The molecule has 2 heteroatoms. The van der Waals surface area contributed by atoms with Gasteiger partial charge in [-0.2, -0.15) is 0 Å². The summed E-state index contributed by atoms with van der Waals surface area (Å²) in [4.78, 5) is 0. The maximum absolute atomic E-state index is 15.1. The van der Waals surface area contributed by atoms with E-state index in [4.69, 9.17) is 0 Å². The zero-order valence-electron chi connectivity index (χ0n) is 30.0. The molecule has 1 nitrogen and oxygen atoms in total. The minimum atomic E-state index is -0.967. The molecular weight excluding hydrogens is 577 g/mol. The van der Waals surface area contributed by atoms with Crippen molar-refractivity contribution < 1.29 is 4.21 Å². The second-order valence-corrected chi connectivity index (χ2v) is 20.9. The van der Waals surface area contributed by atoms with Gasteiger partial charge in [-0.1, -0.05) is 76.0 Å². The Morgan fingerprint density at radius 1 is 0.630 bits per heavy atom. The first-order valence-electron chi connectivity index (χ1n) is 20.1. The van der Waals surface area contributed by atoms with Crippen molar-refractivity contribution in [1.82, 2.24) is 0 Å². The maximum atomic E-state index is 15.1. The van der Waals surface area contributed by atoms with Crippen LogP contribution >= 0.6 is 0 Å². The lowest BCUT2D eigenvalue weighted by Crippen LogP contribution is -2.52. The molecule has 0 saturated heterocycles. The minimum absolute atomic E-state index is 0.0924. The molecule has 0 aliphatic heterocycles. The molecule has 0 amide bonds. The summed E-state index contributed by atoms with van der Waals surface area (Å²) in [6.45, 7) is 19.4. The highest BCUT2D eigenvalue weighted by molar-refractivity contribution is 7.86. The van der Waals surface area contributed by atoms with E-state index < -0.39 is 10.8 Å². The van der Waals surface area contributed by atoms with E-state index in [1.54, 1.807) is 0 Å². The Hall–Kier alpha value is -0.890. The summed E-state index contributed by atoms with van der Waals surface area (Å²) >= 11 is 0. The van der Waals surface area contributed by atoms with Crippen LogP contribution in [0.15, 0.2) is 48.6 Å². The van der Waals surface area contributed by atoms with Crippen LogP contribution in [0.1, 0.15) is 143 Å². The van der Waals surface area contributed by atoms with Crippen LogP contribution in [-0.2, 0) is 10.8 Å². The van der Waals surface area contributed by atoms with E-state index in [1.807, 2.05) is 11.1 Å². The van der Waals surface area contributed by atoms with Crippen molar-refractivity contribution in [3.8, 4) is 0 Å². The van der Waals surface area contributed by atoms with Gasteiger partial charge in [0, 0.05) is 10.8 Å². The lowest BCUT2D eigenvalue weighted by atomic mass is 9.47. The Balaban J connectivity index is 1.02.